The minimum Gasteiger partial charge on any atom is -0.464 e. The van der Waals surface area contributed by atoms with Crippen molar-refractivity contribution in [2.24, 2.45) is 16.8 Å². The molecule has 1 aliphatic heterocycles. The van der Waals surface area contributed by atoms with Crippen molar-refractivity contribution in [1.82, 2.24) is 14.9 Å². The first-order chi connectivity index (χ1) is 16.4. The van der Waals surface area contributed by atoms with Gasteiger partial charge in [-0.15, -0.1) is 0 Å². The molecule has 1 amide bonds. The standard InChI is InChI=1S/C24H32F2N4O3S/c1-16-13-28-23(33-16)12-22(31)27-14-18-4-2-17(3-5-18)6-9-30-10-7-19-20(8-11-30)34-24(29-19)32-15-21(25)26/h13-14,17-18,21H,2-12,15H2,1H3. The number of thiazole rings is 1. The smallest absolute Gasteiger partial charge is 0.273 e. The van der Waals surface area contributed by atoms with Crippen molar-refractivity contribution in [3.63, 3.8) is 0 Å². The number of aryl methyl sites for hydroxylation is 1. The van der Waals surface area contributed by atoms with Crippen LogP contribution in [0, 0.1) is 18.8 Å². The van der Waals surface area contributed by atoms with Crippen LogP contribution in [-0.2, 0) is 24.1 Å². The van der Waals surface area contributed by atoms with Gasteiger partial charge in [-0.05, 0) is 63.8 Å². The molecule has 7 nitrogen and oxygen atoms in total. The molecule has 10 heteroatoms. The molecule has 2 aromatic rings. The molecule has 0 unspecified atom stereocenters. The van der Waals surface area contributed by atoms with Crippen molar-refractivity contribution in [3.05, 3.63) is 28.4 Å². The normalized spacial score (nSPS) is 21.6. The van der Waals surface area contributed by atoms with Gasteiger partial charge in [-0.2, -0.15) is 0 Å². The molecule has 2 aromatic heterocycles. The number of hydrogen-bond acceptors (Lipinski definition) is 7. The van der Waals surface area contributed by atoms with E-state index in [-0.39, 0.29) is 12.3 Å². The fourth-order valence-electron chi connectivity index (χ4n) is 4.64. The molecule has 0 bridgehead atoms. The van der Waals surface area contributed by atoms with E-state index < -0.39 is 13.0 Å². The lowest BCUT2D eigenvalue weighted by Crippen LogP contribution is -2.29. The molecular weight excluding hydrogens is 462 g/mol. The van der Waals surface area contributed by atoms with Crippen molar-refractivity contribution in [3.8, 4) is 5.19 Å². The zero-order chi connectivity index (χ0) is 23.9. The van der Waals surface area contributed by atoms with Gasteiger partial charge in [0.15, 0.2) is 6.61 Å². The molecule has 3 heterocycles. The van der Waals surface area contributed by atoms with Gasteiger partial charge in [0.2, 0.25) is 5.89 Å². The predicted molar refractivity (Wildman–Crippen MR) is 126 cm³/mol. The molecule has 0 N–H and O–H groups in total. The second-order valence-electron chi connectivity index (χ2n) is 9.18. The van der Waals surface area contributed by atoms with Crippen LogP contribution in [0.5, 0.6) is 5.19 Å². The van der Waals surface area contributed by atoms with Crippen LogP contribution in [0.25, 0.3) is 0 Å². The summed E-state index contributed by atoms with van der Waals surface area (Å²) in [5, 5.41) is 0.369. The summed E-state index contributed by atoms with van der Waals surface area (Å²) < 4.78 is 35.1. The maximum absolute atomic E-state index is 12.3. The Bertz CT molecular complexity index is 944. The van der Waals surface area contributed by atoms with Crippen LogP contribution in [-0.4, -0.2) is 59.7 Å². The lowest BCUT2D eigenvalue weighted by Gasteiger charge is -2.28. The average molecular weight is 495 g/mol. The van der Waals surface area contributed by atoms with Gasteiger partial charge in [0.05, 0.1) is 11.9 Å². The fraction of sp³-hybridized carbons (Fsp3) is 0.667. The summed E-state index contributed by atoms with van der Waals surface area (Å²) >= 11 is 1.41. The second kappa shape index (κ2) is 12.0. The molecule has 0 aromatic carbocycles. The lowest BCUT2D eigenvalue weighted by atomic mass is 9.81. The minimum absolute atomic E-state index is 0.113. The lowest BCUT2D eigenvalue weighted by molar-refractivity contribution is -0.117. The molecule has 0 radical (unpaired) electrons. The molecule has 1 saturated carbocycles. The van der Waals surface area contributed by atoms with E-state index in [9.17, 15) is 13.6 Å². The van der Waals surface area contributed by atoms with E-state index in [4.69, 9.17) is 9.15 Å². The number of ether oxygens (including phenoxy) is 1. The van der Waals surface area contributed by atoms with Crippen LogP contribution < -0.4 is 4.74 Å². The van der Waals surface area contributed by atoms with Gasteiger partial charge in [-0.1, -0.05) is 11.3 Å². The Kier molecular flexibility index (Phi) is 8.77. The number of aromatic nitrogens is 2. The van der Waals surface area contributed by atoms with Gasteiger partial charge in [-0.25, -0.2) is 23.7 Å². The summed E-state index contributed by atoms with van der Waals surface area (Å²) in [5.74, 6) is 1.99. The topological polar surface area (TPSA) is 80.8 Å². The molecule has 34 heavy (non-hydrogen) atoms. The number of nitrogens with zero attached hydrogens (tertiary/aromatic N) is 4. The van der Waals surface area contributed by atoms with E-state index in [0.29, 0.717) is 28.7 Å². The summed E-state index contributed by atoms with van der Waals surface area (Å²) in [6.07, 6.45) is 8.47. The predicted octanol–water partition coefficient (Wildman–Crippen LogP) is 4.52. The van der Waals surface area contributed by atoms with Crippen molar-refractivity contribution >= 4 is 23.5 Å². The van der Waals surface area contributed by atoms with Crippen LogP contribution >= 0.6 is 11.3 Å². The summed E-state index contributed by atoms with van der Waals surface area (Å²) in [6.45, 7) is 4.20. The molecule has 4 rings (SSSR count). The maximum atomic E-state index is 12.3. The monoisotopic (exact) mass is 494 g/mol. The Morgan fingerprint density at radius 2 is 2.12 bits per heavy atom. The molecule has 2 aliphatic rings. The Balaban J connectivity index is 1.13. The van der Waals surface area contributed by atoms with Gasteiger partial charge in [0, 0.05) is 30.6 Å². The van der Waals surface area contributed by atoms with Crippen molar-refractivity contribution < 1.29 is 22.7 Å². The van der Waals surface area contributed by atoms with Gasteiger partial charge in [0.1, 0.15) is 12.2 Å². The maximum Gasteiger partial charge on any atom is 0.273 e. The van der Waals surface area contributed by atoms with Gasteiger partial charge >= 0.3 is 0 Å². The largest absolute Gasteiger partial charge is 0.464 e. The third kappa shape index (κ3) is 7.40. The average Bonchev–Trinajstić information content (AvgIpc) is 3.36. The first-order valence-electron chi connectivity index (χ1n) is 12.0. The number of rotatable bonds is 9. The highest BCUT2D eigenvalue weighted by molar-refractivity contribution is 7.13. The Morgan fingerprint density at radius 1 is 1.32 bits per heavy atom. The van der Waals surface area contributed by atoms with E-state index >= 15 is 0 Å². The number of carbonyl (C=O) groups is 1. The van der Waals surface area contributed by atoms with E-state index in [1.807, 2.05) is 6.21 Å². The van der Waals surface area contributed by atoms with E-state index in [2.05, 4.69) is 19.9 Å². The Labute approximate surface area is 202 Å². The molecule has 0 saturated heterocycles. The number of alkyl halides is 2. The number of fused-ring (bicyclic) bond motifs is 1. The summed E-state index contributed by atoms with van der Waals surface area (Å²) in [4.78, 5) is 28.3. The first-order valence-corrected chi connectivity index (χ1v) is 12.9. The minimum atomic E-state index is -2.47. The van der Waals surface area contributed by atoms with Crippen molar-refractivity contribution in [2.75, 3.05) is 26.2 Å². The number of halogens is 2. The number of oxazole rings is 1. The van der Waals surface area contributed by atoms with Crippen LogP contribution in [0.4, 0.5) is 8.78 Å². The van der Waals surface area contributed by atoms with Crippen LogP contribution in [0.15, 0.2) is 15.6 Å². The van der Waals surface area contributed by atoms with Crippen molar-refractivity contribution in [1.29, 1.82) is 0 Å². The Hall–Kier alpha value is -2.20. The summed E-state index contributed by atoms with van der Waals surface area (Å²) in [5.41, 5.74) is 1.00. The van der Waals surface area contributed by atoms with Gasteiger partial charge in [0.25, 0.3) is 17.5 Å². The number of carbonyl (C=O) groups excluding carboxylic acids is 1. The van der Waals surface area contributed by atoms with Crippen molar-refractivity contribution in [2.45, 2.75) is 64.7 Å². The molecular formula is C24H32F2N4O3S. The second-order valence-corrected chi connectivity index (χ2v) is 10.2. The highest BCUT2D eigenvalue weighted by Crippen LogP contribution is 2.31. The summed E-state index contributed by atoms with van der Waals surface area (Å²) in [6, 6.07) is 0. The van der Waals surface area contributed by atoms with Gasteiger partial charge in [-0.3, -0.25) is 4.79 Å². The van der Waals surface area contributed by atoms with Gasteiger partial charge < -0.3 is 14.1 Å². The quantitative estimate of drug-likeness (QED) is 0.477. The zero-order valence-corrected chi connectivity index (χ0v) is 20.4. The van der Waals surface area contributed by atoms with E-state index in [1.54, 1.807) is 13.1 Å². The number of aliphatic imine (C=N–C) groups is 1. The number of hydrogen-bond donors (Lipinski definition) is 0. The zero-order valence-electron chi connectivity index (χ0n) is 19.5. The summed E-state index contributed by atoms with van der Waals surface area (Å²) in [7, 11) is 0. The molecule has 186 valence electrons. The third-order valence-corrected chi connectivity index (χ3v) is 7.63. The molecule has 0 spiro atoms. The third-order valence-electron chi connectivity index (χ3n) is 6.56. The first kappa shape index (κ1) is 24.9. The highest BCUT2D eigenvalue weighted by atomic mass is 32.1. The Morgan fingerprint density at radius 3 is 2.85 bits per heavy atom. The molecule has 1 aliphatic carbocycles. The van der Waals surface area contributed by atoms with Crippen LogP contribution in [0.3, 0.4) is 0 Å². The molecule has 1 fully saturated rings. The van der Waals surface area contributed by atoms with Crippen LogP contribution in [0.1, 0.15) is 54.3 Å². The highest BCUT2D eigenvalue weighted by Gasteiger charge is 2.23. The number of amides is 1. The van der Waals surface area contributed by atoms with E-state index in [0.717, 1.165) is 63.9 Å². The molecule has 0 atom stereocenters. The fourth-order valence-corrected chi connectivity index (χ4v) is 5.60. The van der Waals surface area contributed by atoms with Crippen LogP contribution in [0.2, 0.25) is 0 Å². The SMILES string of the molecule is Cc1cnc(CC(=O)N=CC2CCC(CCN3CCc4nc(OCC(F)F)sc4CC3)CC2)o1. The van der Waals surface area contributed by atoms with E-state index in [1.165, 1.54) is 22.6 Å².